The molecule has 4 atom stereocenters. The molecule has 0 fully saturated rings. The van der Waals surface area contributed by atoms with Gasteiger partial charge in [0.25, 0.3) is 0 Å². The van der Waals surface area contributed by atoms with E-state index in [9.17, 15) is 0 Å². The zero-order chi connectivity index (χ0) is 73.4. The van der Waals surface area contributed by atoms with E-state index in [0.29, 0.717) is 0 Å². The van der Waals surface area contributed by atoms with Crippen LogP contribution in [-0.4, -0.2) is 0 Å². The molecule has 0 saturated carbocycles. The van der Waals surface area contributed by atoms with Crippen LogP contribution in [0.5, 0.6) is 0 Å². The molecule has 0 bridgehead atoms. The molecule has 0 aromatic heterocycles. The molecular weight excluding hydrogens is 1230 g/mol. The van der Waals surface area contributed by atoms with Crippen molar-refractivity contribution < 1.29 is 0 Å². The summed E-state index contributed by atoms with van der Waals surface area (Å²) in [6, 6.07) is 0. The molecule has 0 radical (unpaired) electrons. The van der Waals surface area contributed by atoms with Crippen molar-refractivity contribution >= 4 is 0 Å². The van der Waals surface area contributed by atoms with Gasteiger partial charge in [0.05, 0.1) is 0 Å². The first-order valence-electron chi connectivity index (χ1n) is 50.6. The van der Waals surface area contributed by atoms with E-state index in [1.54, 1.807) is 6.42 Å². The second-order valence-corrected chi connectivity index (χ2v) is 36.1. The molecule has 0 spiro atoms. The molecule has 0 aromatic carbocycles. The summed E-state index contributed by atoms with van der Waals surface area (Å²) in [6.45, 7) is 14.1. The van der Waals surface area contributed by atoms with Gasteiger partial charge in [-0.15, -0.1) is 0 Å². The molecule has 0 heteroatoms. The zero-order valence-corrected chi connectivity index (χ0v) is 73.4. The van der Waals surface area contributed by atoms with Gasteiger partial charge >= 0.3 is 0 Å². The average molecular weight is 1430 g/mol. The van der Waals surface area contributed by atoms with Gasteiger partial charge in [-0.3, -0.25) is 0 Å². The summed E-state index contributed by atoms with van der Waals surface area (Å²) in [5.41, 5.74) is 0. The van der Waals surface area contributed by atoms with Gasteiger partial charge < -0.3 is 0 Å². The highest BCUT2D eigenvalue weighted by Gasteiger charge is 2.15. The molecule has 0 aromatic rings. The Balaban J connectivity index is 4.23. The predicted octanol–water partition coefficient (Wildman–Crippen LogP) is 39.5. The second kappa shape index (κ2) is 93.4. The Morgan fingerprint density at radius 2 is 0.137 bits per heavy atom. The summed E-state index contributed by atoms with van der Waals surface area (Å²) in [5.74, 6) is 4.07. The van der Waals surface area contributed by atoms with E-state index in [1.807, 2.05) is 0 Å². The molecule has 0 N–H and O–H groups in total. The van der Waals surface area contributed by atoms with Crippen molar-refractivity contribution in [2.75, 3.05) is 0 Å². The Kier molecular flexibility index (Phi) is 93.4. The Labute approximate surface area is 652 Å². The number of unbranched alkanes of at least 4 members (excludes halogenated alkanes) is 71. The quantitative estimate of drug-likeness (QED) is 0.0533. The van der Waals surface area contributed by atoms with Gasteiger partial charge in [-0.25, -0.2) is 0 Å². The van der Waals surface area contributed by atoms with Gasteiger partial charge in [0.1, 0.15) is 0 Å². The van der Waals surface area contributed by atoms with Crippen molar-refractivity contribution in [3.8, 4) is 0 Å². The molecule has 0 aliphatic heterocycles. The zero-order valence-electron chi connectivity index (χ0n) is 73.4. The fraction of sp³-hybridized carbons (Fsp3) is 1.00. The van der Waals surface area contributed by atoms with E-state index >= 15 is 0 Å². The van der Waals surface area contributed by atoms with Crippen LogP contribution in [-0.2, 0) is 0 Å². The lowest BCUT2D eigenvalue weighted by atomic mass is 9.86. The Morgan fingerprint density at radius 3 is 0.245 bits per heavy atom. The number of rotatable bonds is 95. The molecule has 0 rings (SSSR count). The summed E-state index contributed by atoms with van der Waals surface area (Å²) < 4.78 is 0. The average Bonchev–Trinajstić information content (AvgIpc) is 3.81. The Morgan fingerprint density at radius 1 is 0.0784 bits per heavy atom. The summed E-state index contributed by atoms with van der Waals surface area (Å²) in [5, 5.41) is 0. The lowest BCUT2D eigenvalue weighted by molar-refractivity contribution is 0.337. The highest BCUT2D eigenvalue weighted by molar-refractivity contribution is 4.69. The van der Waals surface area contributed by atoms with Crippen LogP contribution in [0.15, 0.2) is 0 Å². The predicted molar refractivity (Wildman–Crippen MR) is 473 cm³/mol. The van der Waals surface area contributed by atoms with E-state index in [-0.39, 0.29) is 0 Å². The van der Waals surface area contributed by atoms with Crippen LogP contribution < -0.4 is 0 Å². The van der Waals surface area contributed by atoms with Gasteiger partial charge in [0, 0.05) is 0 Å². The minimum absolute atomic E-state index is 1.02. The van der Waals surface area contributed by atoms with E-state index in [0.717, 1.165) is 23.7 Å². The van der Waals surface area contributed by atoms with E-state index in [4.69, 9.17) is 0 Å². The van der Waals surface area contributed by atoms with E-state index in [1.165, 1.54) is 584 Å². The molecule has 102 heavy (non-hydrogen) atoms. The first-order chi connectivity index (χ1) is 50.6. The van der Waals surface area contributed by atoms with E-state index < -0.39 is 0 Å². The summed E-state index contributed by atoms with van der Waals surface area (Å²) in [4.78, 5) is 0. The van der Waals surface area contributed by atoms with Crippen LogP contribution in [0.4, 0.5) is 0 Å². The monoisotopic (exact) mass is 1430 g/mol. The molecule has 0 heterocycles. The maximum absolute atomic E-state index is 2.39. The summed E-state index contributed by atoms with van der Waals surface area (Å²) in [7, 11) is 0. The standard InChI is InChI=1S/C102H206/c1-7-13-19-24-28-31-34-36-52-56-61-67-73-80-92-101(90-77-69-27-22-16-10-4)97-85-86-98-102(93-81-72-65-60-55-35-32-29-25-20-14-8-2)94-82-74-68-63-58-54-51-49-47-45-43-41-39-37-38-40-42-44-46-48-50-53-57-62-66-71-79-91-100(88-76-23-17-11-5)96-84-83-95-99(87-75-18-12-6)89-78-70-64-59-33-30-26-21-15-9-3/h99-102H,7-98H2,1-6H3. The Bertz CT molecular complexity index is 1390. The minimum Gasteiger partial charge on any atom is -0.0654 e. The number of hydrogen-bond donors (Lipinski definition) is 0. The van der Waals surface area contributed by atoms with Gasteiger partial charge in [-0.1, -0.05) is 632 Å². The van der Waals surface area contributed by atoms with Crippen LogP contribution in [0.3, 0.4) is 0 Å². The summed E-state index contributed by atoms with van der Waals surface area (Å²) >= 11 is 0. The third kappa shape index (κ3) is 85.6. The molecule has 0 nitrogen and oxygen atoms in total. The molecule has 0 aliphatic carbocycles. The van der Waals surface area contributed by atoms with Crippen LogP contribution in [0.1, 0.15) is 632 Å². The molecule has 614 valence electrons. The van der Waals surface area contributed by atoms with Crippen molar-refractivity contribution in [2.45, 2.75) is 632 Å². The maximum Gasteiger partial charge on any atom is -0.0414 e. The fourth-order valence-electron chi connectivity index (χ4n) is 18.3. The fourth-order valence-corrected chi connectivity index (χ4v) is 18.3. The van der Waals surface area contributed by atoms with Crippen molar-refractivity contribution in [1.29, 1.82) is 0 Å². The minimum atomic E-state index is 1.02. The van der Waals surface area contributed by atoms with E-state index in [2.05, 4.69) is 41.5 Å². The topological polar surface area (TPSA) is 0 Å². The SMILES string of the molecule is CCCCCCCCCCCCCCCCC(CCCCCCCC)CCCCC(CCCCCCCCCCCCCC)CCCCCCCCCCCCCCCCCCCCCCCCCCCCCC(CCCCCC)CCCCC(CCCCC)CCCCCCCCCCCC. The van der Waals surface area contributed by atoms with Crippen LogP contribution >= 0.6 is 0 Å². The molecular formula is C102H206. The van der Waals surface area contributed by atoms with Gasteiger partial charge in [-0.05, 0) is 23.7 Å². The largest absolute Gasteiger partial charge is 0.0654 e. The van der Waals surface area contributed by atoms with Crippen molar-refractivity contribution in [2.24, 2.45) is 23.7 Å². The van der Waals surface area contributed by atoms with Crippen LogP contribution in [0, 0.1) is 23.7 Å². The Hall–Kier alpha value is 0. The molecule has 0 aliphatic rings. The normalized spacial score (nSPS) is 13.1. The van der Waals surface area contributed by atoms with Crippen LogP contribution in [0.2, 0.25) is 0 Å². The number of hydrogen-bond acceptors (Lipinski definition) is 0. The second-order valence-electron chi connectivity index (χ2n) is 36.1. The van der Waals surface area contributed by atoms with Gasteiger partial charge in [0.2, 0.25) is 0 Å². The van der Waals surface area contributed by atoms with Crippen LogP contribution in [0.25, 0.3) is 0 Å². The maximum atomic E-state index is 2.39. The van der Waals surface area contributed by atoms with Gasteiger partial charge in [0.15, 0.2) is 0 Å². The smallest absolute Gasteiger partial charge is 0.0414 e. The third-order valence-corrected chi connectivity index (χ3v) is 25.7. The third-order valence-electron chi connectivity index (χ3n) is 25.7. The molecule has 0 amide bonds. The lowest BCUT2D eigenvalue weighted by Crippen LogP contribution is -2.04. The lowest BCUT2D eigenvalue weighted by Gasteiger charge is -2.20. The van der Waals surface area contributed by atoms with Crippen molar-refractivity contribution in [1.82, 2.24) is 0 Å². The van der Waals surface area contributed by atoms with Crippen molar-refractivity contribution in [3.05, 3.63) is 0 Å². The molecule has 4 unspecified atom stereocenters. The van der Waals surface area contributed by atoms with Crippen molar-refractivity contribution in [3.63, 3.8) is 0 Å². The highest BCUT2D eigenvalue weighted by Crippen LogP contribution is 2.31. The first-order valence-corrected chi connectivity index (χ1v) is 50.6. The van der Waals surface area contributed by atoms with Gasteiger partial charge in [-0.2, -0.15) is 0 Å². The first kappa shape index (κ1) is 102. The summed E-state index contributed by atoms with van der Waals surface area (Å²) in [6.07, 6.45) is 137. The highest BCUT2D eigenvalue weighted by atomic mass is 14.2. The molecule has 0 saturated heterocycles.